The lowest BCUT2D eigenvalue weighted by atomic mass is 9.80. The molecule has 0 spiro atoms. The second-order valence-electron chi connectivity index (χ2n) is 4.53. The Bertz CT molecular complexity index is 614. The predicted octanol–water partition coefficient (Wildman–Crippen LogP) is 4.28. The minimum Gasteiger partial charge on any atom is -0.489 e. The molecule has 2 aromatic carbocycles. The van der Waals surface area contributed by atoms with Crippen molar-refractivity contribution in [3.63, 3.8) is 0 Å². The van der Waals surface area contributed by atoms with Gasteiger partial charge in [0.05, 0.1) is 0 Å². The average molecular weight is 300 g/mol. The van der Waals surface area contributed by atoms with E-state index in [1.807, 2.05) is 13.0 Å². The zero-order chi connectivity index (χ0) is 14.8. The topological polar surface area (TPSA) is 9.23 Å². The monoisotopic (exact) mass is 299 g/mol. The van der Waals surface area contributed by atoms with Crippen molar-refractivity contribution in [1.82, 2.24) is 0 Å². The van der Waals surface area contributed by atoms with Gasteiger partial charge in [-0.2, -0.15) is 0 Å². The second-order valence-corrected chi connectivity index (χ2v) is 4.94. The first kappa shape index (κ1) is 14.8. The summed E-state index contributed by atoms with van der Waals surface area (Å²) in [4.78, 5) is 0. The van der Waals surface area contributed by atoms with Crippen LogP contribution in [0.15, 0.2) is 42.5 Å². The maximum absolute atomic E-state index is 12.6. The summed E-state index contributed by atoms with van der Waals surface area (Å²) < 4.78 is 43.3. The SMILES string of the molecule is Cc1ccc(COc2cccc([B-](F)(F)F)c2)c(Cl)c1. The highest BCUT2D eigenvalue weighted by Crippen LogP contribution is 2.20. The normalized spacial score (nSPS) is 11.4. The van der Waals surface area contributed by atoms with Gasteiger partial charge in [0, 0.05) is 10.6 Å². The highest BCUT2D eigenvalue weighted by Gasteiger charge is 2.25. The van der Waals surface area contributed by atoms with Crippen LogP contribution in [-0.4, -0.2) is 6.98 Å². The minimum atomic E-state index is -5.01. The Morgan fingerprint density at radius 3 is 2.50 bits per heavy atom. The molecular formula is C14H12BClF3O-. The van der Waals surface area contributed by atoms with E-state index in [4.69, 9.17) is 16.3 Å². The largest absolute Gasteiger partial charge is 0.509 e. The van der Waals surface area contributed by atoms with Gasteiger partial charge in [0.2, 0.25) is 0 Å². The van der Waals surface area contributed by atoms with E-state index < -0.39 is 12.4 Å². The highest BCUT2D eigenvalue weighted by molar-refractivity contribution is 6.73. The number of hydrogen-bond acceptors (Lipinski definition) is 1. The van der Waals surface area contributed by atoms with Crippen molar-refractivity contribution in [1.29, 1.82) is 0 Å². The summed E-state index contributed by atoms with van der Waals surface area (Å²) in [6, 6.07) is 10.3. The van der Waals surface area contributed by atoms with E-state index in [-0.39, 0.29) is 12.4 Å². The molecule has 106 valence electrons. The Morgan fingerprint density at radius 2 is 1.85 bits per heavy atom. The van der Waals surface area contributed by atoms with E-state index in [1.54, 1.807) is 12.1 Å². The molecule has 2 aromatic rings. The standard InChI is InChI=1S/C14H12BClF3O/c1-10-5-6-11(14(16)7-10)9-20-13-4-2-3-12(8-13)15(17,18)19/h2-8H,9H2,1H3/q-1. The van der Waals surface area contributed by atoms with Gasteiger partial charge < -0.3 is 17.7 Å². The molecule has 1 nitrogen and oxygen atoms in total. The van der Waals surface area contributed by atoms with Gasteiger partial charge in [-0.1, -0.05) is 35.9 Å². The quantitative estimate of drug-likeness (QED) is 0.766. The molecule has 0 saturated carbocycles. The molecule has 0 aromatic heterocycles. The first-order valence-electron chi connectivity index (χ1n) is 6.04. The molecule has 0 aliphatic rings. The number of benzene rings is 2. The minimum absolute atomic E-state index is 0.132. The zero-order valence-electron chi connectivity index (χ0n) is 10.7. The van der Waals surface area contributed by atoms with Crippen LogP contribution in [0.25, 0.3) is 0 Å². The number of hydrogen-bond donors (Lipinski definition) is 0. The molecule has 0 heterocycles. The van der Waals surface area contributed by atoms with Crippen LogP contribution in [-0.2, 0) is 6.61 Å². The Balaban J connectivity index is 2.11. The van der Waals surface area contributed by atoms with Crippen LogP contribution in [0.4, 0.5) is 12.9 Å². The summed E-state index contributed by atoms with van der Waals surface area (Å²) in [5, 5.41) is 0.543. The molecule has 0 saturated heterocycles. The van der Waals surface area contributed by atoms with Crippen LogP contribution < -0.4 is 10.2 Å². The van der Waals surface area contributed by atoms with Crippen LogP contribution in [0.3, 0.4) is 0 Å². The molecule has 0 fully saturated rings. The lowest BCUT2D eigenvalue weighted by Crippen LogP contribution is -2.33. The molecule has 2 rings (SSSR count). The fourth-order valence-corrected chi connectivity index (χ4v) is 2.03. The van der Waals surface area contributed by atoms with Gasteiger partial charge in [-0.25, -0.2) is 0 Å². The van der Waals surface area contributed by atoms with E-state index in [9.17, 15) is 12.9 Å². The average Bonchev–Trinajstić information content (AvgIpc) is 2.37. The van der Waals surface area contributed by atoms with E-state index in [0.29, 0.717) is 5.02 Å². The van der Waals surface area contributed by atoms with Crippen molar-refractivity contribution in [3.05, 3.63) is 58.6 Å². The third-order valence-corrected chi connectivity index (χ3v) is 3.19. The molecule has 0 atom stereocenters. The molecule has 20 heavy (non-hydrogen) atoms. The third kappa shape index (κ3) is 3.70. The Morgan fingerprint density at radius 1 is 1.10 bits per heavy atom. The van der Waals surface area contributed by atoms with E-state index in [1.165, 1.54) is 12.1 Å². The van der Waals surface area contributed by atoms with Crippen LogP contribution >= 0.6 is 11.6 Å². The molecule has 0 aliphatic carbocycles. The predicted molar refractivity (Wildman–Crippen MR) is 75.7 cm³/mol. The molecule has 0 unspecified atom stereocenters. The Labute approximate surface area is 120 Å². The van der Waals surface area contributed by atoms with Crippen molar-refractivity contribution in [3.8, 4) is 5.75 Å². The number of ether oxygens (including phenoxy) is 1. The number of rotatable bonds is 4. The summed E-state index contributed by atoms with van der Waals surface area (Å²) in [6.07, 6.45) is 0. The first-order chi connectivity index (χ1) is 9.36. The van der Waals surface area contributed by atoms with Crippen molar-refractivity contribution >= 4 is 24.0 Å². The number of aryl methyl sites for hydroxylation is 1. The smallest absolute Gasteiger partial charge is 0.489 e. The fraction of sp³-hybridized carbons (Fsp3) is 0.143. The third-order valence-electron chi connectivity index (χ3n) is 2.84. The fourth-order valence-electron chi connectivity index (χ4n) is 1.74. The molecule has 0 radical (unpaired) electrons. The summed E-state index contributed by atoms with van der Waals surface area (Å²) in [6.45, 7) is -2.97. The van der Waals surface area contributed by atoms with E-state index in [0.717, 1.165) is 23.3 Å². The Kier molecular flexibility index (Phi) is 4.28. The summed E-state index contributed by atoms with van der Waals surface area (Å²) >= 11 is 6.04. The van der Waals surface area contributed by atoms with Crippen molar-refractivity contribution < 1.29 is 17.7 Å². The molecule has 6 heteroatoms. The molecule has 0 N–H and O–H groups in total. The van der Waals surface area contributed by atoms with Crippen LogP contribution in [0.1, 0.15) is 11.1 Å². The molecule has 0 aliphatic heterocycles. The number of halogens is 4. The van der Waals surface area contributed by atoms with Crippen LogP contribution in [0.2, 0.25) is 5.02 Å². The molecular weight excluding hydrogens is 287 g/mol. The van der Waals surface area contributed by atoms with Gasteiger partial charge in [-0.15, -0.1) is 5.46 Å². The van der Waals surface area contributed by atoms with Gasteiger partial charge in [-0.05, 0) is 30.7 Å². The van der Waals surface area contributed by atoms with Crippen molar-refractivity contribution in [2.24, 2.45) is 0 Å². The van der Waals surface area contributed by atoms with Crippen molar-refractivity contribution in [2.75, 3.05) is 0 Å². The maximum Gasteiger partial charge on any atom is 0.509 e. The second kappa shape index (κ2) is 5.79. The van der Waals surface area contributed by atoms with Crippen molar-refractivity contribution in [2.45, 2.75) is 13.5 Å². The van der Waals surface area contributed by atoms with E-state index >= 15 is 0 Å². The summed E-state index contributed by atoms with van der Waals surface area (Å²) in [7, 11) is 0. The molecule has 0 amide bonds. The summed E-state index contributed by atoms with van der Waals surface area (Å²) in [5.41, 5.74) is 1.08. The highest BCUT2D eigenvalue weighted by atomic mass is 35.5. The zero-order valence-corrected chi connectivity index (χ0v) is 11.5. The van der Waals surface area contributed by atoms with Gasteiger partial charge in [0.1, 0.15) is 12.4 Å². The van der Waals surface area contributed by atoms with Gasteiger partial charge >= 0.3 is 6.98 Å². The van der Waals surface area contributed by atoms with Gasteiger partial charge in [-0.3, -0.25) is 0 Å². The van der Waals surface area contributed by atoms with Gasteiger partial charge in [0.15, 0.2) is 0 Å². The maximum atomic E-state index is 12.6. The van der Waals surface area contributed by atoms with Gasteiger partial charge in [0.25, 0.3) is 0 Å². The molecule has 0 bridgehead atoms. The lowest BCUT2D eigenvalue weighted by molar-refractivity contribution is 0.306. The summed E-state index contributed by atoms with van der Waals surface area (Å²) in [5.74, 6) is 0.179. The van der Waals surface area contributed by atoms with Crippen LogP contribution in [0.5, 0.6) is 5.75 Å². The van der Waals surface area contributed by atoms with E-state index in [2.05, 4.69) is 0 Å². The first-order valence-corrected chi connectivity index (χ1v) is 6.42. The Hall–Kier alpha value is -1.62. The lowest BCUT2D eigenvalue weighted by Gasteiger charge is -2.16. The van der Waals surface area contributed by atoms with Crippen LogP contribution in [0, 0.1) is 6.92 Å².